The summed E-state index contributed by atoms with van der Waals surface area (Å²) in [5, 5.41) is 0. The zero-order valence-corrected chi connectivity index (χ0v) is 7.57. The Bertz CT molecular complexity index is 363. The Kier molecular flexibility index (Phi) is 1.69. The van der Waals surface area contributed by atoms with Crippen LogP contribution in [-0.2, 0) is 0 Å². The molecule has 0 atom stereocenters. The molecular formula is C9H10N2O2. The SMILES string of the molecule is CC(=O)c1cnc2c(c1)OCN2C. The third-order valence-electron chi connectivity index (χ3n) is 2.01. The van der Waals surface area contributed by atoms with Crippen molar-refractivity contribution in [2.24, 2.45) is 0 Å². The van der Waals surface area contributed by atoms with Crippen LogP contribution in [-0.4, -0.2) is 24.5 Å². The molecule has 0 radical (unpaired) electrons. The molecule has 1 aliphatic heterocycles. The molecule has 0 unspecified atom stereocenters. The molecule has 4 nitrogen and oxygen atoms in total. The molecule has 0 aliphatic carbocycles. The highest BCUT2D eigenvalue weighted by Crippen LogP contribution is 2.30. The van der Waals surface area contributed by atoms with E-state index in [4.69, 9.17) is 4.74 Å². The minimum Gasteiger partial charge on any atom is -0.469 e. The number of carbonyl (C=O) groups is 1. The lowest BCUT2D eigenvalue weighted by molar-refractivity contribution is 0.101. The molecule has 1 aliphatic rings. The Morgan fingerprint density at radius 2 is 2.46 bits per heavy atom. The van der Waals surface area contributed by atoms with Crippen LogP contribution in [0.1, 0.15) is 17.3 Å². The molecule has 68 valence electrons. The highest BCUT2D eigenvalue weighted by Gasteiger charge is 2.19. The first-order valence-corrected chi connectivity index (χ1v) is 4.03. The summed E-state index contributed by atoms with van der Waals surface area (Å²) in [5.74, 6) is 1.49. The standard InChI is InChI=1S/C9H10N2O2/c1-6(12)7-3-8-9(10-4-7)11(2)5-13-8/h3-4H,5H2,1-2H3. The lowest BCUT2D eigenvalue weighted by atomic mass is 10.2. The monoisotopic (exact) mass is 178 g/mol. The highest BCUT2D eigenvalue weighted by molar-refractivity contribution is 5.94. The van der Waals surface area contributed by atoms with E-state index in [1.165, 1.54) is 6.92 Å². The van der Waals surface area contributed by atoms with Gasteiger partial charge in [0.05, 0.1) is 0 Å². The second-order valence-corrected chi connectivity index (χ2v) is 3.07. The summed E-state index contributed by atoms with van der Waals surface area (Å²) in [6.07, 6.45) is 1.58. The first-order chi connectivity index (χ1) is 6.18. The minimum absolute atomic E-state index is 0.00783. The summed E-state index contributed by atoms with van der Waals surface area (Å²) in [7, 11) is 1.90. The molecule has 0 N–H and O–H groups in total. The molecule has 0 saturated carbocycles. The van der Waals surface area contributed by atoms with E-state index in [-0.39, 0.29) is 5.78 Å². The van der Waals surface area contributed by atoms with Gasteiger partial charge in [0, 0.05) is 18.8 Å². The number of rotatable bonds is 1. The van der Waals surface area contributed by atoms with E-state index in [2.05, 4.69) is 4.98 Å². The second-order valence-electron chi connectivity index (χ2n) is 3.07. The van der Waals surface area contributed by atoms with Crippen molar-refractivity contribution in [3.05, 3.63) is 17.8 Å². The molecule has 13 heavy (non-hydrogen) atoms. The summed E-state index contributed by atoms with van der Waals surface area (Å²) >= 11 is 0. The van der Waals surface area contributed by atoms with E-state index >= 15 is 0 Å². The van der Waals surface area contributed by atoms with Gasteiger partial charge in [0.25, 0.3) is 0 Å². The van der Waals surface area contributed by atoms with Gasteiger partial charge in [-0.25, -0.2) is 4.98 Å². The smallest absolute Gasteiger partial charge is 0.173 e. The van der Waals surface area contributed by atoms with Crippen LogP contribution >= 0.6 is 0 Å². The molecule has 4 heteroatoms. The van der Waals surface area contributed by atoms with Gasteiger partial charge in [-0.15, -0.1) is 0 Å². The lowest BCUT2D eigenvalue weighted by Crippen LogP contribution is -2.15. The van der Waals surface area contributed by atoms with Crippen LogP contribution in [0.3, 0.4) is 0 Å². The van der Waals surface area contributed by atoms with Crippen molar-refractivity contribution in [3.63, 3.8) is 0 Å². The van der Waals surface area contributed by atoms with Gasteiger partial charge in [-0.3, -0.25) is 4.79 Å². The average Bonchev–Trinajstić information content (AvgIpc) is 2.47. The zero-order chi connectivity index (χ0) is 9.42. The number of aromatic nitrogens is 1. The lowest BCUT2D eigenvalue weighted by Gasteiger charge is -2.05. The van der Waals surface area contributed by atoms with E-state index < -0.39 is 0 Å². The van der Waals surface area contributed by atoms with E-state index in [1.54, 1.807) is 12.3 Å². The maximum Gasteiger partial charge on any atom is 0.173 e. The molecule has 0 bridgehead atoms. The summed E-state index contributed by atoms with van der Waals surface area (Å²) < 4.78 is 5.31. The number of hydrogen-bond donors (Lipinski definition) is 0. The Morgan fingerprint density at radius 1 is 1.69 bits per heavy atom. The van der Waals surface area contributed by atoms with Crippen LogP contribution in [0.4, 0.5) is 5.82 Å². The topological polar surface area (TPSA) is 42.4 Å². The molecule has 1 aromatic rings. The Morgan fingerprint density at radius 3 is 3.15 bits per heavy atom. The molecule has 0 amide bonds. The Hall–Kier alpha value is -1.58. The van der Waals surface area contributed by atoms with Crippen LogP contribution < -0.4 is 9.64 Å². The third kappa shape index (κ3) is 1.24. The molecule has 0 saturated heterocycles. The largest absolute Gasteiger partial charge is 0.469 e. The van der Waals surface area contributed by atoms with E-state index in [1.807, 2.05) is 11.9 Å². The van der Waals surface area contributed by atoms with Crippen LogP contribution in [0, 0.1) is 0 Å². The van der Waals surface area contributed by atoms with Gasteiger partial charge in [0.15, 0.2) is 24.1 Å². The van der Waals surface area contributed by atoms with Crippen molar-refractivity contribution in [1.82, 2.24) is 4.98 Å². The van der Waals surface area contributed by atoms with Gasteiger partial charge in [-0.2, -0.15) is 0 Å². The van der Waals surface area contributed by atoms with Crippen LogP contribution in [0.5, 0.6) is 5.75 Å². The van der Waals surface area contributed by atoms with Gasteiger partial charge in [-0.1, -0.05) is 0 Å². The van der Waals surface area contributed by atoms with Gasteiger partial charge in [0.2, 0.25) is 0 Å². The van der Waals surface area contributed by atoms with Gasteiger partial charge in [-0.05, 0) is 13.0 Å². The number of hydrogen-bond acceptors (Lipinski definition) is 4. The fraction of sp³-hybridized carbons (Fsp3) is 0.333. The summed E-state index contributed by atoms with van der Waals surface area (Å²) in [6.45, 7) is 2.02. The van der Waals surface area contributed by atoms with Crippen molar-refractivity contribution in [3.8, 4) is 5.75 Å². The van der Waals surface area contributed by atoms with Crippen molar-refractivity contribution in [2.45, 2.75) is 6.92 Å². The number of Topliss-reactive ketones (excluding diaryl/α,β-unsaturated/α-hetero) is 1. The van der Waals surface area contributed by atoms with E-state index in [0.717, 1.165) is 5.82 Å². The summed E-state index contributed by atoms with van der Waals surface area (Å²) in [5.41, 5.74) is 0.592. The van der Waals surface area contributed by atoms with Crippen molar-refractivity contribution < 1.29 is 9.53 Å². The van der Waals surface area contributed by atoms with E-state index in [0.29, 0.717) is 18.0 Å². The average molecular weight is 178 g/mol. The normalized spacial score (nSPS) is 13.8. The molecule has 2 heterocycles. The third-order valence-corrected chi connectivity index (χ3v) is 2.01. The molecular weight excluding hydrogens is 168 g/mol. The zero-order valence-electron chi connectivity index (χ0n) is 7.57. The van der Waals surface area contributed by atoms with Gasteiger partial charge >= 0.3 is 0 Å². The molecule has 0 spiro atoms. The maximum atomic E-state index is 11.0. The number of carbonyl (C=O) groups excluding carboxylic acids is 1. The fourth-order valence-electron chi connectivity index (χ4n) is 1.25. The molecule has 0 aromatic carbocycles. The number of anilines is 1. The first kappa shape index (κ1) is 8.04. The van der Waals surface area contributed by atoms with E-state index in [9.17, 15) is 4.79 Å². The predicted molar refractivity (Wildman–Crippen MR) is 48.1 cm³/mol. The second kappa shape index (κ2) is 2.73. The number of nitrogens with zero attached hydrogens (tertiary/aromatic N) is 2. The van der Waals surface area contributed by atoms with Crippen LogP contribution in [0.15, 0.2) is 12.3 Å². The van der Waals surface area contributed by atoms with Crippen molar-refractivity contribution in [1.29, 1.82) is 0 Å². The molecule has 0 fully saturated rings. The Balaban J connectivity index is 2.45. The summed E-state index contributed by atoms with van der Waals surface area (Å²) in [4.78, 5) is 17.0. The predicted octanol–water partition coefficient (Wildman–Crippen LogP) is 1.07. The fourth-order valence-corrected chi connectivity index (χ4v) is 1.25. The van der Waals surface area contributed by atoms with Gasteiger partial charge < -0.3 is 9.64 Å². The van der Waals surface area contributed by atoms with Gasteiger partial charge in [0.1, 0.15) is 0 Å². The number of ketones is 1. The minimum atomic E-state index is 0.00783. The first-order valence-electron chi connectivity index (χ1n) is 4.03. The molecule has 2 rings (SSSR count). The maximum absolute atomic E-state index is 11.0. The Labute approximate surface area is 76.1 Å². The number of pyridine rings is 1. The quantitative estimate of drug-likeness (QED) is 0.603. The van der Waals surface area contributed by atoms with Crippen LogP contribution in [0.2, 0.25) is 0 Å². The highest BCUT2D eigenvalue weighted by atomic mass is 16.5. The van der Waals surface area contributed by atoms with Crippen LogP contribution in [0.25, 0.3) is 0 Å². The number of ether oxygens (including phenoxy) is 1. The van der Waals surface area contributed by atoms with Crippen molar-refractivity contribution >= 4 is 11.6 Å². The number of fused-ring (bicyclic) bond motifs is 1. The summed E-state index contributed by atoms with van der Waals surface area (Å²) in [6, 6.07) is 1.73. The van der Waals surface area contributed by atoms with Crippen molar-refractivity contribution in [2.75, 3.05) is 18.7 Å². The molecule has 1 aromatic heterocycles.